The minimum Gasteiger partial charge on any atom is -0.289 e. The molecule has 176 valence electrons. The lowest BCUT2D eigenvalue weighted by Gasteiger charge is -2.09. The number of hydrogen-bond acceptors (Lipinski definition) is 5. The van der Waals surface area contributed by atoms with E-state index in [2.05, 4.69) is 20.5 Å². The molecule has 1 N–H and O–H groups in total. The molecule has 0 aliphatic rings. The predicted molar refractivity (Wildman–Crippen MR) is 137 cm³/mol. The maximum Gasteiger partial charge on any atom is 0.258 e. The van der Waals surface area contributed by atoms with E-state index >= 15 is 0 Å². The molecule has 0 spiro atoms. The summed E-state index contributed by atoms with van der Waals surface area (Å²) in [5, 5.41) is 13.4. The summed E-state index contributed by atoms with van der Waals surface area (Å²) in [6.07, 6.45) is 3.30. The average Bonchev–Trinajstić information content (AvgIpc) is 3.46. The van der Waals surface area contributed by atoms with Gasteiger partial charge in [-0.2, -0.15) is 5.10 Å². The Morgan fingerprint density at radius 2 is 1.86 bits per heavy atom. The maximum atomic E-state index is 13.3. The SMILES string of the molecule is CCn1ncc(-c2cc(C(=O)Nc3ncn(Cc4c(Cl)cccc4Cl)n3)c3ccccc3n2)c1C. The highest BCUT2D eigenvalue weighted by Crippen LogP contribution is 2.28. The summed E-state index contributed by atoms with van der Waals surface area (Å²) in [4.78, 5) is 22.4. The summed E-state index contributed by atoms with van der Waals surface area (Å²) >= 11 is 12.5. The Labute approximate surface area is 211 Å². The fraction of sp³-hybridized carbons (Fsp3) is 0.160. The standard InChI is InChI=1S/C25H21Cl2N7O/c1-3-34-15(2)18(12-29-34)23-11-17(16-7-4-5-10-22(16)30-23)24(35)31-25-28-14-33(32-25)13-19-20(26)8-6-9-21(19)27/h4-12,14H,3,13H2,1-2H3,(H,31,32,35). The summed E-state index contributed by atoms with van der Waals surface area (Å²) in [6.45, 7) is 5.09. The molecular weight excluding hydrogens is 485 g/mol. The number of pyridine rings is 1. The summed E-state index contributed by atoms with van der Waals surface area (Å²) in [5.41, 5.74) is 4.46. The number of nitrogens with zero attached hydrogens (tertiary/aromatic N) is 6. The molecule has 0 saturated carbocycles. The zero-order valence-electron chi connectivity index (χ0n) is 19.0. The van der Waals surface area contributed by atoms with Crippen LogP contribution in [0.2, 0.25) is 10.0 Å². The van der Waals surface area contributed by atoms with E-state index in [0.717, 1.165) is 28.8 Å². The fourth-order valence-electron chi connectivity index (χ4n) is 3.96. The molecule has 10 heteroatoms. The molecule has 0 unspecified atom stereocenters. The molecule has 0 atom stereocenters. The number of para-hydroxylation sites is 1. The van der Waals surface area contributed by atoms with Crippen molar-refractivity contribution < 1.29 is 4.79 Å². The van der Waals surface area contributed by atoms with Gasteiger partial charge in [-0.1, -0.05) is 47.5 Å². The summed E-state index contributed by atoms with van der Waals surface area (Å²) < 4.78 is 3.47. The zero-order chi connectivity index (χ0) is 24.5. The molecule has 0 aliphatic heterocycles. The van der Waals surface area contributed by atoms with Crippen LogP contribution in [0.5, 0.6) is 0 Å². The second kappa shape index (κ2) is 9.48. The molecule has 5 aromatic rings. The van der Waals surface area contributed by atoms with Crippen molar-refractivity contribution in [3.63, 3.8) is 0 Å². The highest BCUT2D eigenvalue weighted by atomic mass is 35.5. The van der Waals surface area contributed by atoms with Crippen molar-refractivity contribution in [1.82, 2.24) is 29.5 Å². The normalized spacial score (nSPS) is 11.2. The summed E-state index contributed by atoms with van der Waals surface area (Å²) in [6, 6.07) is 14.6. The highest BCUT2D eigenvalue weighted by molar-refractivity contribution is 6.36. The van der Waals surface area contributed by atoms with Gasteiger partial charge in [0.15, 0.2) is 0 Å². The Balaban J connectivity index is 1.46. The average molecular weight is 506 g/mol. The first kappa shape index (κ1) is 23.0. The van der Waals surface area contributed by atoms with E-state index in [9.17, 15) is 4.79 Å². The van der Waals surface area contributed by atoms with E-state index in [1.54, 1.807) is 35.1 Å². The molecular formula is C25H21Cl2N7O. The van der Waals surface area contributed by atoms with Crippen LogP contribution in [0, 0.1) is 6.92 Å². The number of anilines is 1. The number of aromatic nitrogens is 6. The van der Waals surface area contributed by atoms with Gasteiger partial charge in [-0.25, -0.2) is 14.6 Å². The van der Waals surface area contributed by atoms with Gasteiger partial charge in [0.05, 0.1) is 29.5 Å². The van der Waals surface area contributed by atoms with Gasteiger partial charge < -0.3 is 0 Å². The van der Waals surface area contributed by atoms with Crippen LogP contribution in [-0.4, -0.2) is 35.4 Å². The molecule has 0 radical (unpaired) electrons. The van der Waals surface area contributed by atoms with Crippen molar-refractivity contribution in [3.05, 3.63) is 87.9 Å². The molecule has 0 aliphatic carbocycles. The quantitative estimate of drug-likeness (QED) is 0.323. The van der Waals surface area contributed by atoms with E-state index < -0.39 is 0 Å². The van der Waals surface area contributed by atoms with Crippen LogP contribution >= 0.6 is 23.2 Å². The van der Waals surface area contributed by atoms with Crippen LogP contribution in [0.3, 0.4) is 0 Å². The molecule has 0 bridgehead atoms. The minimum absolute atomic E-state index is 0.176. The third-order valence-electron chi connectivity index (χ3n) is 5.78. The second-order valence-electron chi connectivity index (χ2n) is 7.95. The second-order valence-corrected chi connectivity index (χ2v) is 8.77. The van der Waals surface area contributed by atoms with Crippen molar-refractivity contribution in [2.24, 2.45) is 0 Å². The van der Waals surface area contributed by atoms with Gasteiger partial charge >= 0.3 is 0 Å². The molecule has 0 saturated heterocycles. The van der Waals surface area contributed by atoms with E-state index in [-0.39, 0.29) is 11.9 Å². The molecule has 2 aromatic carbocycles. The van der Waals surface area contributed by atoms with E-state index in [1.165, 1.54) is 6.33 Å². The molecule has 8 nitrogen and oxygen atoms in total. The van der Waals surface area contributed by atoms with Crippen LogP contribution in [0.15, 0.2) is 61.1 Å². The molecule has 1 amide bonds. The van der Waals surface area contributed by atoms with Crippen LogP contribution in [0.4, 0.5) is 5.95 Å². The van der Waals surface area contributed by atoms with Crippen molar-refractivity contribution >= 4 is 46.0 Å². The van der Waals surface area contributed by atoms with Gasteiger partial charge in [-0.05, 0) is 38.1 Å². The van der Waals surface area contributed by atoms with Crippen molar-refractivity contribution in [2.75, 3.05) is 5.32 Å². The smallest absolute Gasteiger partial charge is 0.258 e. The van der Waals surface area contributed by atoms with E-state index in [1.807, 2.05) is 42.8 Å². The van der Waals surface area contributed by atoms with Crippen LogP contribution in [-0.2, 0) is 13.1 Å². The van der Waals surface area contributed by atoms with E-state index in [4.69, 9.17) is 28.2 Å². The number of halogens is 2. The van der Waals surface area contributed by atoms with Crippen LogP contribution in [0.25, 0.3) is 22.2 Å². The molecule has 5 rings (SSSR count). The van der Waals surface area contributed by atoms with Crippen LogP contribution in [0.1, 0.15) is 28.5 Å². The molecule has 3 aromatic heterocycles. The molecule has 35 heavy (non-hydrogen) atoms. The first-order valence-corrected chi connectivity index (χ1v) is 11.8. The number of hydrogen-bond donors (Lipinski definition) is 1. The van der Waals surface area contributed by atoms with Gasteiger partial charge in [-0.15, -0.1) is 5.10 Å². The number of nitrogens with one attached hydrogen (secondary N) is 1. The van der Waals surface area contributed by atoms with Crippen LogP contribution < -0.4 is 5.32 Å². The molecule has 3 heterocycles. The third kappa shape index (κ3) is 4.50. The predicted octanol–water partition coefficient (Wildman–Crippen LogP) is 5.63. The Bertz CT molecular complexity index is 1540. The number of amides is 1. The number of carbonyl (C=O) groups excluding carboxylic acids is 1. The van der Waals surface area contributed by atoms with E-state index in [0.29, 0.717) is 33.4 Å². The topological polar surface area (TPSA) is 90.5 Å². The number of aryl methyl sites for hydroxylation is 1. The largest absolute Gasteiger partial charge is 0.289 e. The van der Waals surface area contributed by atoms with Crippen molar-refractivity contribution in [3.8, 4) is 11.3 Å². The third-order valence-corrected chi connectivity index (χ3v) is 6.49. The van der Waals surface area contributed by atoms with Gasteiger partial charge in [-0.3, -0.25) is 14.8 Å². The first-order chi connectivity index (χ1) is 16.9. The lowest BCUT2D eigenvalue weighted by Crippen LogP contribution is -2.14. The fourth-order valence-corrected chi connectivity index (χ4v) is 4.48. The van der Waals surface area contributed by atoms with Gasteiger partial charge in [0.2, 0.25) is 5.95 Å². The monoisotopic (exact) mass is 505 g/mol. The van der Waals surface area contributed by atoms with Crippen molar-refractivity contribution in [2.45, 2.75) is 26.9 Å². The van der Waals surface area contributed by atoms with Crippen molar-refractivity contribution in [1.29, 1.82) is 0 Å². The lowest BCUT2D eigenvalue weighted by atomic mass is 10.0. The lowest BCUT2D eigenvalue weighted by molar-refractivity contribution is 0.102. The zero-order valence-corrected chi connectivity index (χ0v) is 20.5. The first-order valence-electron chi connectivity index (χ1n) is 11.0. The molecule has 0 fully saturated rings. The minimum atomic E-state index is -0.334. The number of fused-ring (bicyclic) bond motifs is 1. The Morgan fingerprint density at radius 3 is 2.60 bits per heavy atom. The number of rotatable bonds is 6. The highest BCUT2D eigenvalue weighted by Gasteiger charge is 2.18. The van der Waals surface area contributed by atoms with Gasteiger partial charge in [0, 0.05) is 38.8 Å². The Morgan fingerprint density at radius 1 is 1.09 bits per heavy atom. The Kier molecular flexibility index (Phi) is 6.23. The Hall–Kier alpha value is -3.75. The van der Waals surface area contributed by atoms with Gasteiger partial charge in [0.25, 0.3) is 5.91 Å². The number of carbonyl (C=O) groups is 1. The summed E-state index contributed by atoms with van der Waals surface area (Å²) in [5.74, 6) is -0.158. The summed E-state index contributed by atoms with van der Waals surface area (Å²) in [7, 11) is 0. The number of benzene rings is 2. The van der Waals surface area contributed by atoms with Gasteiger partial charge in [0.1, 0.15) is 6.33 Å². The maximum absolute atomic E-state index is 13.3.